The first-order valence-electron chi connectivity index (χ1n) is 5.32. The highest BCUT2D eigenvalue weighted by atomic mass is 19.1. The van der Waals surface area contributed by atoms with Crippen molar-refractivity contribution in [2.45, 2.75) is 6.92 Å². The summed E-state index contributed by atoms with van der Waals surface area (Å²) >= 11 is 0. The first-order chi connectivity index (χ1) is 8.22. The molecule has 0 amide bonds. The number of nitrogens with zero attached hydrogens (tertiary/aromatic N) is 3. The van der Waals surface area contributed by atoms with Gasteiger partial charge >= 0.3 is 0 Å². The lowest BCUT2D eigenvalue weighted by Gasteiger charge is -2.21. The maximum absolute atomic E-state index is 13.7. The number of nitrogens with two attached hydrogens (primary N) is 1. The SMILES string of the molecule is CCN(c1ncc(N)cn1)c1ccccc1F. The molecule has 5 heteroatoms. The zero-order valence-corrected chi connectivity index (χ0v) is 9.47. The number of benzene rings is 1. The van der Waals surface area contributed by atoms with Crippen molar-refractivity contribution >= 4 is 17.3 Å². The molecule has 0 saturated heterocycles. The van der Waals surface area contributed by atoms with Crippen LogP contribution in [0.2, 0.25) is 0 Å². The van der Waals surface area contributed by atoms with Crippen LogP contribution < -0.4 is 10.6 Å². The van der Waals surface area contributed by atoms with Crippen molar-refractivity contribution < 1.29 is 4.39 Å². The van der Waals surface area contributed by atoms with E-state index in [1.54, 1.807) is 23.1 Å². The second-order valence-electron chi connectivity index (χ2n) is 3.51. The van der Waals surface area contributed by atoms with Gasteiger partial charge in [0.1, 0.15) is 5.82 Å². The predicted octanol–water partition coefficient (Wildman–Crippen LogP) is 2.36. The van der Waals surface area contributed by atoms with Crippen molar-refractivity contribution in [2.24, 2.45) is 0 Å². The number of anilines is 3. The molecule has 0 atom stereocenters. The summed E-state index contributed by atoms with van der Waals surface area (Å²) in [5.74, 6) is 0.140. The monoisotopic (exact) mass is 232 g/mol. The van der Waals surface area contributed by atoms with Crippen molar-refractivity contribution in [2.75, 3.05) is 17.2 Å². The quantitative estimate of drug-likeness (QED) is 0.882. The van der Waals surface area contributed by atoms with Gasteiger partial charge in [-0.2, -0.15) is 0 Å². The van der Waals surface area contributed by atoms with E-state index in [4.69, 9.17) is 5.73 Å². The van der Waals surface area contributed by atoms with Gasteiger partial charge in [-0.3, -0.25) is 0 Å². The van der Waals surface area contributed by atoms with Gasteiger partial charge in [-0.25, -0.2) is 14.4 Å². The van der Waals surface area contributed by atoms with Crippen LogP contribution in [0, 0.1) is 5.82 Å². The van der Waals surface area contributed by atoms with Crippen LogP contribution in [0.1, 0.15) is 6.92 Å². The second kappa shape index (κ2) is 4.78. The zero-order valence-electron chi connectivity index (χ0n) is 9.47. The Morgan fingerprint density at radius 2 is 1.88 bits per heavy atom. The summed E-state index contributed by atoms with van der Waals surface area (Å²) in [5.41, 5.74) is 6.46. The third-order valence-electron chi connectivity index (χ3n) is 2.36. The summed E-state index contributed by atoms with van der Waals surface area (Å²) < 4.78 is 13.7. The van der Waals surface area contributed by atoms with E-state index in [0.717, 1.165) is 0 Å². The van der Waals surface area contributed by atoms with Gasteiger partial charge in [0.25, 0.3) is 0 Å². The van der Waals surface area contributed by atoms with Crippen LogP contribution >= 0.6 is 0 Å². The van der Waals surface area contributed by atoms with Crippen molar-refractivity contribution in [3.8, 4) is 0 Å². The Labute approximate surface area is 98.9 Å². The predicted molar refractivity (Wildman–Crippen MR) is 65.5 cm³/mol. The molecule has 2 N–H and O–H groups in total. The number of para-hydroxylation sites is 1. The minimum atomic E-state index is -0.297. The summed E-state index contributed by atoms with van der Waals surface area (Å²) in [6.07, 6.45) is 3.01. The number of rotatable bonds is 3. The van der Waals surface area contributed by atoms with Crippen molar-refractivity contribution in [3.05, 3.63) is 42.5 Å². The van der Waals surface area contributed by atoms with Crippen LogP contribution in [-0.4, -0.2) is 16.5 Å². The molecular weight excluding hydrogens is 219 g/mol. The maximum atomic E-state index is 13.7. The van der Waals surface area contributed by atoms with Crippen molar-refractivity contribution in [1.82, 2.24) is 9.97 Å². The Kier molecular flexibility index (Phi) is 3.18. The summed E-state index contributed by atoms with van der Waals surface area (Å²) in [6, 6.07) is 6.53. The fourth-order valence-electron chi connectivity index (χ4n) is 1.56. The zero-order chi connectivity index (χ0) is 12.3. The van der Waals surface area contributed by atoms with Gasteiger partial charge in [-0.15, -0.1) is 0 Å². The van der Waals surface area contributed by atoms with Gasteiger partial charge < -0.3 is 10.6 Å². The normalized spacial score (nSPS) is 10.2. The number of aromatic nitrogens is 2. The van der Waals surface area contributed by atoms with Crippen LogP contribution in [-0.2, 0) is 0 Å². The maximum Gasteiger partial charge on any atom is 0.230 e. The molecule has 0 bridgehead atoms. The summed E-state index contributed by atoms with van der Waals surface area (Å²) in [5, 5.41) is 0. The Morgan fingerprint density at radius 3 is 2.47 bits per heavy atom. The highest BCUT2D eigenvalue weighted by Gasteiger charge is 2.13. The van der Waals surface area contributed by atoms with E-state index < -0.39 is 0 Å². The molecule has 0 unspecified atom stereocenters. The van der Waals surface area contributed by atoms with Gasteiger partial charge in [0.15, 0.2) is 0 Å². The Bertz CT molecular complexity index is 498. The molecule has 2 rings (SSSR count). The fraction of sp³-hybridized carbons (Fsp3) is 0.167. The molecule has 1 aromatic carbocycles. The molecule has 0 radical (unpaired) electrons. The molecule has 0 aliphatic carbocycles. The summed E-state index contributed by atoms with van der Waals surface area (Å²) in [6.45, 7) is 2.48. The third kappa shape index (κ3) is 2.33. The number of nitrogen functional groups attached to an aromatic ring is 1. The molecule has 4 nitrogen and oxygen atoms in total. The first-order valence-corrected chi connectivity index (χ1v) is 5.32. The van der Waals surface area contributed by atoms with Gasteiger partial charge in [0.05, 0.1) is 23.8 Å². The van der Waals surface area contributed by atoms with E-state index in [0.29, 0.717) is 23.9 Å². The Hall–Kier alpha value is -2.17. The van der Waals surface area contributed by atoms with E-state index in [2.05, 4.69) is 9.97 Å². The summed E-state index contributed by atoms with van der Waals surface area (Å²) in [7, 11) is 0. The van der Waals surface area contributed by atoms with Crippen molar-refractivity contribution in [3.63, 3.8) is 0 Å². The van der Waals surface area contributed by atoms with E-state index in [9.17, 15) is 4.39 Å². The average molecular weight is 232 g/mol. The molecule has 0 aliphatic heterocycles. The Balaban J connectivity index is 2.40. The van der Waals surface area contributed by atoms with E-state index in [1.165, 1.54) is 18.5 Å². The minimum Gasteiger partial charge on any atom is -0.396 e. The molecule has 1 aromatic heterocycles. The molecule has 0 aliphatic rings. The Morgan fingerprint density at radius 1 is 1.24 bits per heavy atom. The molecule has 17 heavy (non-hydrogen) atoms. The van der Waals surface area contributed by atoms with E-state index >= 15 is 0 Å². The van der Waals surface area contributed by atoms with Crippen LogP contribution in [0.25, 0.3) is 0 Å². The average Bonchev–Trinajstić information content (AvgIpc) is 2.35. The molecular formula is C12H13FN4. The van der Waals surface area contributed by atoms with Crippen LogP contribution in [0.4, 0.5) is 21.7 Å². The molecule has 0 spiro atoms. The number of hydrogen-bond acceptors (Lipinski definition) is 4. The lowest BCUT2D eigenvalue weighted by atomic mass is 10.3. The standard InChI is InChI=1S/C12H13FN4/c1-2-17(11-6-4-3-5-10(11)13)12-15-7-9(14)8-16-12/h3-8H,2,14H2,1H3. The van der Waals surface area contributed by atoms with Crippen LogP contribution in [0.15, 0.2) is 36.7 Å². The van der Waals surface area contributed by atoms with Crippen LogP contribution in [0.3, 0.4) is 0 Å². The lowest BCUT2D eigenvalue weighted by Crippen LogP contribution is -2.19. The highest BCUT2D eigenvalue weighted by molar-refractivity contribution is 5.58. The molecule has 2 aromatic rings. The molecule has 88 valence electrons. The van der Waals surface area contributed by atoms with Crippen molar-refractivity contribution in [1.29, 1.82) is 0 Å². The lowest BCUT2D eigenvalue weighted by molar-refractivity contribution is 0.624. The molecule has 0 fully saturated rings. The van der Waals surface area contributed by atoms with Gasteiger partial charge in [-0.05, 0) is 19.1 Å². The first kappa shape index (κ1) is 11.3. The topological polar surface area (TPSA) is 55.0 Å². The number of halogens is 1. The van der Waals surface area contributed by atoms with E-state index in [1.807, 2.05) is 6.92 Å². The fourth-order valence-corrected chi connectivity index (χ4v) is 1.56. The largest absolute Gasteiger partial charge is 0.396 e. The highest BCUT2D eigenvalue weighted by Crippen LogP contribution is 2.24. The van der Waals surface area contributed by atoms with Gasteiger partial charge in [-0.1, -0.05) is 12.1 Å². The smallest absolute Gasteiger partial charge is 0.230 e. The molecule has 0 saturated carbocycles. The summed E-state index contributed by atoms with van der Waals surface area (Å²) in [4.78, 5) is 9.87. The minimum absolute atomic E-state index is 0.297. The number of hydrogen-bond donors (Lipinski definition) is 1. The van der Waals surface area contributed by atoms with Gasteiger partial charge in [0.2, 0.25) is 5.95 Å². The molecule has 1 heterocycles. The van der Waals surface area contributed by atoms with Gasteiger partial charge in [0, 0.05) is 6.54 Å². The van der Waals surface area contributed by atoms with E-state index in [-0.39, 0.29) is 5.82 Å². The third-order valence-corrected chi connectivity index (χ3v) is 2.36. The second-order valence-corrected chi connectivity index (χ2v) is 3.51. The van der Waals surface area contributed by atoms with Crippen LogP contribution in [0.5, 0.6) is 0 Å².